The number of aryl methyl sites for hydroxylation is 1. The number of pyridine rings is 1. The molecule has 0 spiro atoms. The van der Waals surface area contributed by atoms with Crippen molar-refractivity contribution < 1.29 is 13.6 Å². The predicted molar refractivity (Wildman–Crippen MR) is 103 cm³/mol. The molecule has 1 aliphatic heterocycles. The Labute approximate surface area is 163 Å². The first-order valence-electron chi connectivity index (χ1n) is 8.76. The normalized spacial score (nSPS) is 19.8. The summed E-state index contributed by atoms with van der Waals surface area (Å²) in [5, 5.41) is 12.9. The summed E-state index contributed by atoms with van der Waals surface area (Å²) in [5.74, 6) is -0.854. The fourth-order valence-electron chi connectivity index (χ4n) is 3.10. The lowest BCUT2D eigenvalue weighted by Crippen LogP contribution is -2.51. The van der Waals surface area contributed by atoms with E-state index >= 15 is 4.39 Å². The van der Waals surface area contributed by atoms with Gasteiger partial charge in [-0.1, -0.05) is 23.5 Å². The zero-order valence-electron chi connectivity index (χ0n) is 15.0. The molecule has 10 heteroatoms. The minimum absolute atomic E-state index is 0.122. The number of carbonyl (C=O) groups is 1. The molecule has 0 aliphatic carbocycles. The Morgan fingerprint density at radius 1 is 1.39 bits per heavy atom. The molecule has 2 aromatic heterocycles. The van der Waals surface area contributed by atoms with Gasteiger partial charge in [0.2, 0.25) is 0 Å². The molecule has 4 rings (SSSR count). The van der Waals surface area contributed by atoms with Gasteiger partial charge in [0, 0.05) is 35.1 Å². The van der Waals surface area contributed by atoms with Crippen LogP contribution < -0.4 is 11.1 Å². The summed E-state index contributed by atoms with van der Waals surface area (Å²) in [5.41, 5.74) is 6.36. The van der Waals surface area contributed by atoms with Crippen LogP contribution in [0.3, 0.4) is 0 Å². The number of nitrogens with two attached hydrogens (primary N) is 1. The third-order valence-electron chi connectivity index (χ3n) is 4.71. The van der Waals surface area contributed by atoms with Gasteiger partial charge in [0.05, 0.1) is 6.54 Å². The van der Waals surface area contributed by atoms with Gasteiger partial charge in [-0.25, -0.2) is 18.6 Å². The highest BCUT2D eigenvalue weighted by atomic mass is 32.1. The molecule has 0 bridgehead atoms. The van der Waals surface area contributed by atoms with Crippen molar-refractivity contribution in [3.05, 3.63) is 35.2 Å². The van der Waals surface area contributed by atoms with Crippen LogP contribution in [0.15, 0.2) is 24.4 Å². The number of alkyl halides is 1. The van der Waals surface area contributed by atoms with Crippen LogP contribution in [0.2, 0.25) is 0 Å². The number of anilines is 1. The molecular formula is C18H18F2N6OS. The summed E-state index contributed by atoms with van der Waals surface area (Å²) in [4.78, 5) is 17.7. The SMILES string of the molecule is Cc1nnc(-c2ccc3cnc(NC(=O)N4CC[C@H](N)[C@@H](F)C4)c(F)c3c2)s1. The molecule has 1 aromatic carbocycles. The standard InChI is InChI=1S/C18H18F2N6OS/c1-9-24-25-17(28-9)10-2-3-11-7-22-16(15(20)12(11)6-10)23-18(27)26-5-4-14(21)13(19)8-26/h2-3,6-7,13-14H,4-5,8,21H2,1H3,(H,22,23,27)/t13-,14-/m0/s1. The van der Waals surface area contributed by atoms with Crippen LogP contribution in [-0.4, -0.2) is 51.4 Å². The van der Waals surface area contributed by atoms with E-state index < -0.39 is 24.1 Å². The number of urea groups is 1. The Hall–Kier alpha value is -2.72. The van der Waals surface area contributed by atoms with Crippen molar-refractivity contribution in [2.24, 2.45) is 5.73 Å². The molecule has 3 heterocycles. The second kappa shape index (κ2) is 7.36. The Morgan fingerprint density at radius 3 is 2.93 bits per heavy atom. The lowest BCUT2D eigenvalue weighted by Gasteiger charge is -2.32. The monoisotopic (exact) mass is 404 g/mol. The van der Waals surface area contributed by atoms with Crippen molar-refractivity contribution in [1.82, 2.24) is 20.1 Å². The van der Waals surface area contributed by atoms with Crippen molar-refractivity contribution in [2.75, 3.05) is 18.4 Å². The van der Waals surface area contributed by atoms with Gasteiger partial charge < -0.3 is 10.6 Å². The molecule has 28 heavy (non-hydrogen) atoms. The second-order valence-electron chi connectivity index (χ2n) is 6.69. The van der Waals surface area contributed by atoms with Crippen LogP contribution >= 0.6 is 11.3 Å². The zero-order valence-corrected chi connectivity index (χ0v) is 15.8. The highest BCUT2D eigenvalue weighted by Gasteiger charge is 2.29. The predicted octanol–water partition coefficient (Wildman–Crippen LogP) is 3.10. The third-order valence-corrected chi connectivity index (χ3v) is 5.60. The summed E-state index contributed by atoms with van der Waals surface area (Å²) in [6.45, 7) is 2.03. The van der Waals surface area contributed by atoms with Crippen molar-refractivity contribution >= 4 is 34.0 Å². The lowest BCUT2D eigenvalue weighted by atomic mass is 10.0. The largest absolute Gasteiger partial charge is 0.325 e. The molecule has 0 saturated carbocycles. The van der Waals surface area contributed by atoms with Gasteiger partial charge in [0.1, 0.15) is 16.2 Å². The number of carbonyl (C=O) groups excluding carboxylic acids is 1. The van der Waals surface area contributed by atoms with E-state index in [1.165, 1.54) is 22.4 Å². The van der Waals surface area contributed by atoms with Crippen LogP contribution in [0, 0.1) is 12.7 Å². The van der Waals surface area contributed by atoms with E-state index in [9.17, 15) is 9.18 Å². The maximum Gasteiger partial charge on any atom is 0.323 e. The molecule has 1 fully saturated rings. The number of fused-ring (bicyclic) bond motifs is 1. The van der Waals surface area contributed by atoms with Crippen LogP contribution in [0.4, 0.5) is 19.4 Å². The minimum Gasteiger partial charge on any atom is -0.325 e. The Kier molecular flexibility index (Phi) is 4.90. The van der Waals surface area contributed by atoms with E-state index in [0.717, 1.165) is 10.6 Å². The number of nitrogens with zero attached hydrogens (tertiary/aromatic N) is 4. The summed E-state index contributed by atoms with van der Waals surface area (Å²) in [6, 6.07) is 4.03. The molecule has 3 aromatic rings. The number of benzene rings is 1. The molecule has 3 N–H and O–H groups in total. The van der Waals surface area contributed by atoms with E-state index in [4.69, 9.17) is 5.73 Å². The number of halogens is 2. The van der Waals surface area contributed by atoms with E-state index in [2.05, 4.69) is 20.5 Å². The molecule has 146 valence electrons. The number of hydrogen-bond donors (Lipinski definition) is 2. The maximum absolute atomic E-state index is 15.0. The highest BCUT2D eigenvalue weighted by molar-refractivity contribution is 7.14. The topological polar surface area (TPSA) is 97.0 Å². The maximum atomic E-state index is 15.0. The number of likely N-dealkylation sites (tertiary alicyclic amines) is 1. The van der Waals surface area contributed by atoms with Crippen molar-refractivity contribution in [1.29, 1.82) is 0 Å². The lowest BCUT2D eigenvalue weighted by molar-refractivity contribution is 0.137. The second-order valence-corrected chi connectivity index (χ2v) is 7.88. The first-order valence-corrected chi connectivity index (χ1v) is 9.58. The van der Waals surface area contributed by atoms with Crippen LogP contribution in [-0.2, 0) is 0 Å². The van der Waals surface area contributed by atoms with Crippen LogP contribution in [0.25, 0.3) is 21.3 Å². The number of amides is 2. The van der Waals surface area contributed by atoms with Crippen LogP contribution in [0.1, 0.15) is 11.4 Å². The summed E-state index contributed by atoms with van der Waals surface area (Å²) in [7, 11) is 0. The molecule has 1 saturated heterocycles. The molecule has 2 amide bonds. The van der Waals surface area contributed by atoms with E-state index in [0.29, 0.717) is 28.7 Å². The fraction of sp³-hybridized carbons (Fsp3) is 0.333. The number of nitrogens with one attached hydrogen (secondary N) is 1. The summed E-state index contributed by atoms with van der Waals surface area (Å²) >= 11 is 1.41. The smallest absolute Gasteiger partial charge is 0.323 e. The Balaban J connectivity index is 1.61. The van der Waals surface area contributed by atoms with Gasteiger partial charge in [-0.3, -0.25) is 5.32 Å². The van der Waals surface area contributed by atoms with E-state index in [1.54, 1.807) is 12.1 Å². The van der Waals surface area contributed by atoms with Gasteiger partial charge in [0.15, 0.2) is 11.6 Å². The molecule has 2 atom stereocenters. The fourth-order valence-corrected chi connectivity index (χ4v) is 3.79. The Bertz CT molecular complexity index is 1040. The zero-order chi connectivity index (χ0) is 19.8. The first-order chi connectivity index (χ1) is 13.4. The third kappa shape index (κ3) is 3.52. The molecule has 0 unspecified atom stereocenters. The highest BCUT2D eigenvalue weighted by Crippen LogP contribution is 2.30. The van der Waals surface area contributed by atoms with Gasteiger partial charge in [0.25, 0.3) is 0 Å². The number of piperidine rings is 1. The van der Waals surface area contributed by atoms with Crippen molar-refractivity contribution in [3.63, 3.8) is 0 Å². The number of aromatic nitrogens is 3. The minimum atomic E-state index is -1.30. The average molecular weight is 404 g/mol. The molecule has 0 radical (unpaired) electrons. The van der Waals surface area contributed by atoms with Crippen molar-refractivity contribution in [3.8, 4) is 10.6 Å². The van der Waals surface area contributed by atoms with E-state index in [1.807, 2.05) is 13.0 Å². The molecular weight excluding hydrogens is 386 g/mol. The molecule has 7 nitrogen and oxygen atoms in total. The summed E-state index contributed by atoms with van der Waals surface area (Å²) < 4.78 is 28.8. The number of rotatable bonds is 2. The average Bonchev–Trinajstić information content (AvgIpc) is 3.12. The summed E-state index contributed by atoms with van der Waals surface area (Å²) in [6.07, 6.45) is 0.534. The van der Waals surface area contributed by atoms with Gasteiger partial charge >= 0.3 is 6.03 Å². The van der Waals surface area contributed by atoms with Gasteiger partial charge in [-0.05, 0) is 19.4 Å². The Morgan fingerprint density at radius 2 is 2.21 bits per heavy atom. The van der Waals surface area contributed by atoms with Gasteiger partial charge in [-0.15, -0.1) is 10.2 Å². The van der Waals surface area contributed by atoms with E-state index in [-0.39, 0.29) is 12.4 Å². The molecule has 1 aliphatic rings. The van der Waals surface area contributed by atoms with Crippen molar-refractivity contribution in [2.45, 2.75) is 25.6 Å². The first kappa shape index (κ1) is 18.6. The van der Waals surface area contributed by atoms with Gasteiger partial charge in [-0.2, -0.15) is 0 Å². The quantitative estimate of drug-likeness (QED) is 0.684. The number of hydrogen-bond acceptors (Lipinski definition) is 6. The van der Waals surface area contributed by atoms with Crippen LogP contribution in [0.5, 0.6) is 0 Å².